The molecular weight excluding hydrogens is 208 g/mol. The van der Waals surface area contributed by atoms with Gasteiger partial charge in [-0.25, -0.2) is 0 Å². The van der Waals surface area contributed by atoms with Gasteiger partial charge in [0.25, 0.3) is 0 Å². The van der Waals surface area contributed by atoms with E-state index in [-0.39, 0.29) is 0 Å². The highest BCUT2D eigenvalue weighted by atomic mass is 15.1. The molecule has 1 aliphatic rings. The molecular formula is C15H32N2. The third-order valence-electron chi connectivity index (χ3n) is 3.97. The highest BCUT2D eigenvalue weighted by Gasteiger charge is 2.26. The Hall–Kier alpha value is -0.0800. The fourth-order valence-electron chi connectivity index (χ4n) is 3.10. The lowest BCUT2D eigenvalue weighted by molar-refractivity contribution is 0.110. The van der Waals surface area contributed by atoms with Crippen LogP contribution in [-0.4, -0.2) is 31.1 Å². The van der Waals surface area contributed by atoms with Crippen molar-refractivity contribution >= 4 is 0 Å². The van der Waals surface area contributed by atoms with Crippen molar-refractivity contribution in [3.63, 3.8) is 0 Å². The molecule has 17 heavy (non-hydrogen) atoms. The average Bonchev–Trinajstić information content (AvgIpc) is 2.22. The molecule has 0 bridgehead atoms. The Kier molecular flexibility index (Phi) is 5.94. The second kappa shape index (κ2) is 6.75. The van der Waals surface area contributed by atoms with E-state index < -0.39 is 0 Å². The second-order valence-electron chi connectivity index (χ2n) is 7.06. The Morgan fingerprint density at radius 3 is 2.53 bits per heavy atom. The second-order valence-corrected chi connectivity index (χ2v) is 7.06. The van der Waals surface area contributed by atoms with Gasteiger partial charge in [0.05, 0.1) is 0 Å². The van der Waals surface area contributed by atoms with Crippen LogP contribution in [0.1, 0.15) is 53.4 Å². The van der Waals surface area contributed by atoms with Crippen LogP contribution in [0.5, 0.6) is 0 Å². The quantitative estimate of drug-likeness (QED) is 0.773. The Morgan fingerprint density at radius 2 is 2.00 bits per heavy atom. The number of rotatable bonds is 6. The van der Waals surface area contributed by atoms with E-state index in [2.05, 4.69) is 32.6 Å². The SMILES string of the molecule is CC(C)CC(CN)CCN1CCCC(C)(C)C1. The maximum Gasteiger partial charge on any atom is 0.00327 e. The third-order valence-corrected chi connectivity index (χ3v) is 3.97. The van der Waals surface area contributed by atoms with Crippen molar-refractivity contribution in [2.24, 2.45) is 23.0 Å². The van der Waals surface area contributed by atoms with Gasteiger partial charge in [-0.2, -0.15) is 0 Å². The zero-order valence-corrected chi connectivity index (χ0v) is 12.3. The van der Waals surface area contributed by atoms with Crippen LogP contribution in [0, 0.1) is 17.3 Å². The molecule has 0 aromatic rings. The van der Waals surface area contributed by atoms with Crippen LogP contribution >= 0.6 is 0 Å². The number of piperidine rings is 1. The number of nitrogens with zero attached hydrogens (tertiary/aromatic N) is 1. The summed E-state index contributed by atoms with van der Waals surface area (Å²) in [5.41, 5.74) is 6.39. The lowest BCUT2D eigenvalue weighted by atomic mass is 9.84. The molecule has 1 fully saturated rings. The van der Waals surface area contributed by atoms with Crippen LogP contribution in [0.2, 0.25) is 0 Å². The molecule has 0 spiro atoms. The van der Waals surface area contributed by atoms with Crippen molar-refractivity contribution < 1.29 is 0 Å². The first-order chi connectivity index (χ1) is 7.93. The zero-order chi connectivity index (χ0) is 12.9. The van der Waals surface area contributed by atoms with E-state index in [1.54, 1.807) is 0 Å². The molecule has 1 rings (SSSR count). The van der Waals surface area contributed by atoms with Gasteiger partial charge < -0.3 is 10.6 Å². The first-order valence-electron chi connectivity index (χ1n) is 7.35. The predicted octanol–water partition coefficient (Wildman–Crippen LogP) is 3.12. The fraction of sp³-hybridized carbons (Fsp3) is 1.00. The summed E-state index contributed by atoms with van der Waals surface area (Å²) in [7, 11) is 0. The summed E-state index contributed by atoms with van der Waals surface area (Å²) >= 11 is 0. The van der Waals surface area contributed by atoms with Gasteiger partial charge in [-0.15, -0.1) is 0 Å². The molecule has 0 radical (unpaired) electrons. The molecule has 2 heteroatoms. The maximum absolute atomic E-state index is 5.87. The fourth-order valence-corrected chi connectivity index (χ4v) is 3.10. The number of likely N-dealkylation sites (tertiary alicyclic amines) is 1. The van der Waals surface area contributed by atoms with E-state index in [4.69, 9.17) is 5.73 Å². The molecule has 0 amide bonds. The lowest BCUT2D eigenvalue weighted by Crippen LogP contribution is -2.41. The largest absolute Gasteiger partial charge is 0.330 e. The number of nitrogens with two attached hydrogens (primary N) is 1. The van der Waals surface area contributed by atoms with Crippen LogP contribution < -0.4 is 5.73 Å². The minimum atomic E-state index is 0.522. The Morgan fingerprint density at radius 1 is 1.29 bits per heavy atom. The number of hydrogen-bond acceptors (Lipinski definition) is 2. The summed E-state index contributed by atoms with van der Waals surface area (Å²) in [6, 6.07) is 0. The summed E-state index contributed by atoms with van der Waals surface area (Å²) in [5, 5.41) is 0. The molecule has 102 valence electrons. The van der Waals surface area contributed by atoms with Crippen molar-refractivity contribution in [3.05, 3.63) is 0 Å². The summed E-state index contributed by atoms with van der Waals surface area (Å²) < 4.78 is 0. The molecule has 0 aromatic carbocycles. The van der Waals surface area contributed by atoms with Gasteiger partial charge in [0.1, 0.15) is 0 Å². The van der Waals surface area contributed by atoms with Crippen LogP contribution in [0.3, 0.4) is 0 Å². The van der Waals surface area contributed by atoms with Crippen LogP contribution in [0.25, 0.3) is 0 Å². The topological polar surface area (TPSA) is 29.3 Å². The zero-order valence-electron chi connectivity index (χ0n) is 12.3. The minimum absolute atomic E-state index is 0.522. The molecule has 1 saturated heterocycles. The van der Waals surface area contributed by atoms with Gasteiger partial charge in [0.2, 0.25) is 0 Å². The molecule has 2 nitrogen and oxygen atoms in total. The third kappa shape index (κ3) is 5.87. The van der Waals surface area contributed by atoms with Crippen LogP contribution in [-0.2, 0) is 0 Å². The Balaban J connectivity index is 2.28. The van der Waals surface area contributed by atoms with Crippen molar-refractivity contribution in [2.45, 2.75) is 53.4 Å². The van der Waals surface area contributed by atoms with Gasteiger partial charge in [-0.1, -0.05) is 27.7 Å². The summed E-state index contributed by atoms with van der Waals surface area (Å²) in [6.07, 6.45) is 5.32. The smallest absolute Gasteiger partial charge is 0.00327 e. The Labute approximate surface area is 108 Å². The molecule has 1 aliphatic heterocycles. The van der Waals surface area contributed by atoms with Crippen molar-refractivity contribution in [3.8, 4) is 0 Å². The van der Waals surface area contributed by atoms with E-state index in [1.165, 1.54) is 45.3 Å². The highest BCUT2D eigenvalue weighted by molar-refractivity contribution is 4.80. The standard InChI is InChI=1S/C15H32N2/c1-13(2)10-14(11-16)6-9-17-8-5-7-15(3,4)12-17/h13-14H,5-12,16H2,1-4H3. The van der Waals surface area contributed by atoms with Gasteiger partial charge in [0, 0.05) is 6.54 Å². The average molecular weight is 240 g/mol. The summed E-state index contributed by atoms with van der Waals surface area (Å²) in [5.74, 6) is 1.50. The van der Waals surface area contributed by atoms with Crippen LogP contribution in [0.4, 0.5) is 0 Å². The maximum atomic E-state index is 5.87. The lowest BCUT2D eigenvalue weighted by Gasteiger charge is -2.38. The van der Waals surface area contributed by atoms with Crippen molar-refractivity contribution in [1.82, 2.24) is 4.90 Å². The Bertz CT molecular complexity index is 211. The molecule has 1 atom stereocenters. The first-order valence-corrected chi connectivity index (χ1v) is 7.35. The van der Waals surface area contributed by atoms with E-state index in [1.807, 2.05) is 0 Å². The summed E-state index contributed by atoms with van der Waals surface area (Å²) in [4.78, 5) is 2.65. The molecule has 0 saturated carbocycles. The van der Waals surface area contributed by atoms with Gasteiger partial charge in [0.15, 0.2) is 0 Å². The first kappa shape index (κ1) is 15.0. The van der Waals surface area contributed by atoms with E-state index in [0.717, 1.165) is 18.4 Å². The normalized spacial score (nSPS) is 22.9. The molecule has 0 aliphatic carbocycles. The molecule has 1 heterocycles. The van der Waals surface area contributed by atoms with Gasteiger partial charge in [-0.05, 0) is 62.6 Å². The monoisotopic (exact) mass is 240 g/mol. The molecule has 2 N–H and O–H groups in total. The van der Waals surface area contributed by atoms with E-state index in [0.29, 0.717) is 5.41 Å². The van der Waals surface area contributed by atoms with Crippen molar-refractivity contribution in [1.29, 1.82) is 0 Å². The van der Waals surface area contributed by atoms with Gasteiger partial charge in [-0.3, -0.25) is 0 Å². The molecule has 1 unspecified atom stereocenters. The van der Waals surface area contributed by atoms with E-state index >= 15 is 0 Å². The number of hydrogen-bond donors (Lipinski definition) is 1. The highest BCUT2D eigenvalue weighted by Crippen LogP contribution is 2.28. The minimum Gasteiger partial charge on any atom is -0.330 e. The van der Waals surface area contributed by atoms with Gasteiger partial charge >= 0.3 is 0 Å². The van der Waals surface area contributed by atoms with E-state index in [9.17, 15) is 0 Å². The van der Waals surface area contributed by atoms with Crippen LogP contribution in [0.15, 0.2) is 0 Å². The predicted molar refractivity (Wildman–Crippen MR) is 76.1 cm³/mol. The summed E-state index contributed by atoms with van der Waals surface area (Å²) in [6.45, 7) is 14.1. The molecule has 0 aromatic heterocycles. The van der Waals surface area contributed by atoms with Crippen molar-refractivity contribution in [2.75, 3.05) is 26.2 Å².